The molecule has 0 spiro atoms. The summed E-state index contributed by atoms with van der Waals surface area (Å²) in [5.41, 5.74) is 2.60. The fourth-order valence-corrected chi connectivity index (χ4v) is 2.10. The quantitative estimate of drug-likeness (QED) is 0.893. The molecule has 2 rings (SSSR count). The summed E-state index contributed by atoms with van der Waals surface area (Å²) in [5, 5.41) is 12.8. The second-order valence-corrected chi connectivity index (χ2v) is 4.82. The lowest BCUT2D eigenvalue weighted by molar-refractivity contribution is 0.682. The highest BCUT2D eigenvalue weighted by atomic mass is 35.5. The molecule has 0 aliphatic carbocycles. The van der Waals surface area contributed by atoms with Crippen molar-refractivity contribution >= 4 is 17.3 Å². The maximum atomic E-state index is 8.88. The molecule has 0 saturated heterocycles. The second-order valence-electron chi connectivity index (χ2n) is 4.42. The molecule has 0 aliphatic heterocycles. The lowest BCUT2D eigenvalue weighted by atomic mass is 10.2. The van der Waals surface area contributed by atoms with Crippen molar-refractivity contribution in [3.05, 3.63) is 52.8 Å². The minimum absolute atomic E-state index is 0.607. The highest BCUT2D eigenvalue weighted by molar-refractivity contribution is 6.33. The lowest BCUT2D eigenvalue weighted by Gasteiger charge is -2.07. The summed E-state index contributed by atoms with van der Waals surface area (Å²) >= 11 is 6.10. The topological polar surface area (TPSA) is 40.8 Å². The number of nitrogens with one attached hydrogen (secondary N) is 1. The van der Waals surface area contributed by atoms with E-state index in [2.05, 4.69) is 41.3 Å². The van der Waals surface area contributed by atoms with Crippen LogP contribution in [0.4, 0.5) is 5.69 Å². The van der Waals surface area contributed by atoms with Gasteiger partial charge in [0.05, 0.1) is 22.3 Å². The first kappa shape index (κ1) is 13.5. The van der Waals surface area contributed by atoms with Crippen molar-refractivity contribution in [2.75, 3.05) is 5.32 Å². The van der Waals surface area contributed by atoms with Crippen LogP contribution < -0.4 is 5.32 Å². The Kier molecular flexibility index (Phi) is 4.48. The number of anilines is 1. The Bertz CT molecular complexity index is 596. The van der Waals surface area contributed by atoms with Crippen LogP contribution in [0, 0.1) is 11.3 Å². The van der Waals surface area contributed by atoms with Gasteiger partial charge in [0.15, 0.2) is 0 Å². The Morgan fingerprint density at radius 3 is 2.95 bits per heavy atom. The summed E-state index contributed by atoms with van der Waals surface area (Å²) in [7, 11) is 0. The summed E-state index contributed by atoms with van der Waals surface area (Å²) in [6.45, 7) is 3.89. The first-order valence-electron chi connectivity index (χ1n) is 6.31. The summed E-state index contributed by atoms with van der Waals surface area (Å²) in [4.78, 5) is 0. The van der Waals surface area contributed by atoms with E-state index in [1.54, 1.807) is 18.2 Å². The Morgan fingerprint density at radius 1 is 1.37 bits per heavy atom. The fraction of sp³-hybridized carbons (Fsp3) is 0.267. The van der Waals surface area contributed by atoms with Gasteiger partial charge in [-0.1, -0.05) is 18.5 Å². The molecule has 0 atom stereocenters. The number of aromatic nitrogens is 1. The van der Waals surface area contributed by atoms with Crippen molar-refractivity contribution in [1.29, 1.82) is 5.26 Å². The van der Waals surface area contributed by atoms with E-state index in [0.717, 1.165) is 18.7 Å². The number of hydrogen-bond donors (Lipinski definition) is 1. The maximum Gasteiger partial charge on any atom is 0.0992 e. The zero-order valence-corrected chi connectivity index (χ0v) is 11.6. The SMILES string of the molecule is CCCn1ccc(CNc2cc(C#N)ccc2Cl)c1. The van der Waals surface area contributed by atoms with Gasteiger partial charge in [0.1, 0.15) is 0 Å². The number of nitrogens with zero attached hydrogens (tertiary/aromatic N) is 2. The van der Waals surface area contributed by atoms with Crippen molar-refractivity contribution in [3.63, 3.8) is 0 Å². The molecule has 2 aromatic rings. The zero-order valence-electron chi connectivity index (χ0n) is 10.9. The van der Waals surface area contributed by atoms with Crippen molar-refractivity contribution in [3.8, 4) is 6.07 Å². The van der Waals surface area contributed by atoms with Crippen molar-refractivity contribution < 1.29 is 0 Å². The van der Waals surface area contributed by atoms with Crippen LogP contribution >= 0.6 is 11.6 Å². The normalized spacial score (nSPS) is 10.2. The number of hydrogen-bond acceptors (Lipinski definition) is 2. The average Bonchev–Trinajstić information content (AvgIpc) is 2.86. The Morgan fingerprint density at radius 2 is 2.21 bits per heavy atom. The standard InChI is InChI=1S/C15H16ClN3/c1-2-6-19-7-5-13(11-19)10-18-15-8-12(9-17)3-4-14(15)16/h3-5,7-8,11,18H,2,6,10H2,1H3. The summed E-state index contributed by atoms with van der Waals surface area (Å²) in [6, 6.07) is 9.42. The van der Waals surface area contributed by atoms with Gasteiger partial charge in [-0.05, 0) is 36.2 Å². The smallest absolute Gasteiger partial charge is 0.0992 e. The minimum Gasteiger partial charge on any atom is -0.380 e. The van der Waals surface area contributed by atoms with Gasteiger partial charge in [0.25, 0.3) is 0 Å². The largest absolute Gasteiger partial charge is 0.380 e. The molecule has 4 heteroatoms. The molecule has 0 fully saturated rings. The number of nitriles is 1. The van der Waals surface area contributed by atoms with Crippen molar-refractivity contribution in [2.24, 2.45) is 0 Å². The number of halogens is 1. The Labute approximate surface area is 118 Å². The van der Waals surface area contributed by atoms with Crippen molar-refractivity contribution in [2.45, 2.75) is 26.4 Å². The van der Waals surface area contributed by atoms with Gasteiger partial charge in [-0.15, -0.1) is 0 Å². The molecule has 1 aromatic carbocycles. The van der Waals surface area contributed by atoms with Crippen LogP contribution in [-0.2, 0) is 13.1 Å². The third-order valence-electron chi connectivity index (χ3n) is 2.87. The number of benzene rings is 1. The molecule has 19 heavy (non-hydrogen) atoms. The first-order valence-corrected chi connectivity index (χ1v) is 6.69. The molecular formula is C15H16ClN3. The minimum atomic E-state index is 0.607. The van der Waals surface area contributed by atoms with Crippen LogP contribution in [0.5, 0.6) is 0 Å². The van der Waals surface area contributed by atoms with E-state index in [1.165, 1.54) is 5.56 Å². The van der Waals surface area contributed by atoms with E-state index in [0.29, 0.717) is 17.1 Å². The molecule has 0 aliphatic rings. The van der Waals surface area contributed by atoms with Crippen LogP contribution in [0.15, 0.2) is 36.7 Å². The molecule has 98 valence electrons. The molecule has 1 N–H and O–H groups in total. The molecule has 0 radical (unpaired) electrons. The molecular weight excluding hydrogens is 258 g/mol. The van der Waals surface area contributed by atoms with E-state index in [4.69, 9.17) is 16.9 Å². The van der Waals surface area contributed by atoms with E-state index in [-0.39, 0.29) is 0 Å². The van der Waals surface area contributed by atoms with Gasteiger partial charge >= 0.3 is 0 Å². The third kappa shape index (κ3) is 3.52. The summed E-state index contributed by atoms with van der Waals surface area (Å²) in [5.74, 6) is 0. The molecule has 0 bridgehead atoms. The predicted octanol–water partition coefficient (Wildman–Crippen LogP) is 4.04. The number of aryl methyl sites for hydroxylation is 1. The van der Waals surface area contributed by atoms with Gasteiger partial charge in [-0.25, -0.2) is 0 Å². The summed E-state index contributed by atoms with van der Waals surface area (Å²) < 4.78 is 2.17. The summed E-state index contributed by atoms with van der Waals surface area (Å²) in [6.07, 6.45) is 5.32. The highest BCUT2D eigenvalue weighted by Crippen LogP contribution is 2.23. The monoisotopic (exact) mass is 273 g/mol. The zero-order chi connectivity index (χ0) is 13.7. The van der Waals surface area contributed by atoms with Gasteiger partial charge < -0.3 is 9.88 Å². The van der Waals surface area contributed by atoms with Gasteiger partial charge in [0, 0.05) is 25.5 Å². The predicted molar refractivity (Wildman–Crippen MR) is 78.2 cm³/mol. The second kappa shape index (κ2) is 6.31. The van der Waals surface area contributed by atoms with Crippen LogP contribution in [0.1, 0.15) is 24.5 Å². The van der Waals surface area contributed by atoms with Gasteiger partial charge in [-0.3, -0.25) is 0 Å². The van der Waals surface area contributed by atoms with Crippen LogP contribution in [-0.4, -0.2) is 4.57 Å². The Balaban J connectivity index is 2.03. The van der Waals surface area contributed by atoms with Crippen LogP contribution in [0.25, 0.3) is 0 Å². The first-order chi connectivity index (χ1) is 9.22. The Hall–Kier alpha value is -1.92. The molecule has 0 saturated carbocycles. The maximum absolute atomic E-state index is 8.88. The van der Waals surface area contributed by atoms with Crippen LogP contribution in [0.2, 0.25) is 5.02 Å². The van der Waals surface area contributed by atoms with Gasteiger partial charge in [0.2, 0.25) is 0 Å². The van der Waals surface area contributed by atoms with E-state index in [9.17, 15) is 0 Å². The molecule has 1 heterocycles. The van der Waals surface area contributed by atoms with Crippen LogP contribution in [0.3, 0.4) is 0 Å². The molecule has 1 aromatic heterocycles. The van der Waals surface area contributed by atoms with Crippen molar-refractivity contribution in [1.82, 2.24) is 4.57 Å². The lowest BCUT2D eigenvalue weighted by Crippen LogP contribution is -2.00. The van der Waals surface area contributed by atoms with E-state index in [1.807, 2.05) is 0 Å². The molecule has 0 unspecified atom stereocenters. The molecule has 3 nitrogen and oxygen atoms in total. The molecule has 0 amide bonds. The van der Waals surface area contributed by atoms with E-state index < -0.39 is 0 Å². The third-order valence-corrected chi connectivity index (χ3v) is 3.20. The average molecular weight is 274 g/mol. The highest BCUT2D eigenvalue weighted by Gasteiger charge is 2.02. The van der Waals surface area contributed by atoms with E-state index >= 15 is 0 Å². The number of rotatable bonds is 5. The fourth-order valence-electron chi connectivity index (χ4n) is 1.92. The van der Waals surface area contributed by atoms with Gasteiger partial charge in [-0.2, -0.15) is 5.26 Å².